The number of hydrogen-bond donors (Lipinski definition) is 1. The highest BCUT2D eigenvalue weighted by Crippen LogP contribution is 2.08. The Hall–Kier alpha value is -1.35. The van der Waals surface area contributed by atoms with Crippen LogP contribution in [0.15, 0.2) is 24.3 Å². The number of ether oxygens (including phenoxy) is 1. The third kappa shape index (κ3) is 4.57. The van der Waals surface area contributed by atoms with Gasteiger partial charge in [-0.15, -0.1) is 0 Å². The smallest absolute Gasteiger partial charge is 0.323 e. The first-order valence-electron chi connectivity index (χ1n) is 6.17. The summed E-state index contributed by atoms with van der Waals surface area (Å²) in [5.41, 5.74) is 8.15. The summed E-state index contributed by atoms with van der Waals surface area (Å²) in [5.74, 6) is -0.329. The van der Waals surface area contributed by atoms with Gasteiger partial charge in [0, 0.05) is 0 Å². The van der Waals surface area contributed by atoms with E-state index in [1.165, 1.54) is 5.56 Å². The molecule has 0 saturated heterocycles. The Morgan fingerprint density at radius 3 is 2.35 bits per heavy atom. The molecule has 3 heteroatoms. The van der Waals surface area contributed by atoms with Gasteiger partial charge < -0.3 is 10.5 Å². The second-order valence-corrected chi connectivity index (χ2v) is 4.13. The molecule has 1 rings (SSSR count). The van der Waals surface area contributed by atoms with E-state index >= 15 is 0 Å². The van der Waals surface area contributed by atoms with Crippen LogP contribution in [0.4, 0.5) is 0 Å². The summed E-state index contributed by atoms with van der Waals surface area (Å²) >= 11 is 0. The molecule has 0 aromatic heterocycles. The highest BCUT2D eigenvalue weighted by atomic mass is 16.5. The maximum Gasteiger partial charge on any atom is 0.323 e. The van der Waals surface area contributed by atoms with Crippen molar-refractivity contribution in [1.82, 2.24) is 0 Å². The van der Waals surface area contributed by atoms with Crippen LogP contribution in [-0.4, -0.2) is 18.6 Å². The molecule has 1 atom stereocenters. The van der Waals surface area contributed by atoms with Crippen molar-refractivity contribution in [2.45, 2.75) is 39.2 Å². The maximum atomic E-state index is 11.4. The van der Waals surface area contributed by atoms with Crippen LogP contribution in [0.25, 0.3) is 0 Å². The summed E-state index contributed by atoms with van der Waals surface area (Å²) in [7, 11) is 0. The normalized spacial score (nSPS) is 12.2. The number of carbonyl (C=O) groups excluding carboxylic acids is 1. The van der Waals surface area contributed by atoms with Gasteiger partial charge in [-0.1, -0.05) is 37.6 Å². The van der Waals surface area contributed by atoms with Crippen LogP contribution >= 0.6 is 0 Å². The number of benzene rings is 1. The average Bonchev–Trinajstić information content (AvgIpc) is 2.32. The molecule has 0 fully saturated rings. The van der Waals surface area contributed by atoms with E-state index in [9.17, 15) is 4.79 Å². The minimum absolute atomic E-state index is 0.329. The van der Waals surface area contributed by atoms with Crippen LogP contribution in [0.3, 0.4) is 0 Å². The summed E-state index contributed by atoms with van der Waals surface area (Å²) in [4.78, 5) is 11.4. The molecule has 0 aliphatic carbocycles. The summed E-state index contributed by atoms with van der Waals surface area (Å²) in [5, 5.41) is 0. The Morgan fingerprint density at radius 2 is 1.82 bits per heavy atom. The SMILES string of the molecule is CCCc1ccc(CC(N)C(=O)OCC)cc1. The topological polar surface area (TPSA) is 52.3 Å². The fourth-order valence-electron chi connectivity index (χ4n) is 1.72. The zero-order valence-corrected chi connectivity index (χ0v) is 10.6. The van der Waals surface area contributed by atoms with Gasteiger partial charge in [0.25, 0.3) is 0 Å². The molecule has 17 heavy (non-hydrogen) atoms. The van der Waals surface area contributed by atoms with E-state index in [0.717, 1.165) is 18.4 Å². The van der Waals surface area contributed by atoms with Crippen molar-refractivity contribution >= 4 is 5.97 Å². The molecule has 0 radical (unpaired) electrons. The third-order valence-corrected chi connectivity index (χ3v) is 2.61. The molecule has 2 N–H and O–H groups in total. The van der Waals surface area contributed by atoms with Gasteiger partial charge in [-0.25, -0.2) is 0 Å². The largest absolute Gasteiger partial charge is 0.465 e. The van der Waals surface area contributed by atoms with Crippen LogP contribution < -0.4 is 5.73 Å². The molecule has 0 aliphatic rings. The molecule has 0 saturated carbocycles. The summed E-state index contributed by atoms with van der Waals surface area (Å²) < 4.78 is 4.87. The van der Waals surface area contributed by atoms with E-state index in [2.05, 4.69) is 19.1 Å². The van der Waals surface area contributed by atoms with Crippen molar-refractivity contribution in [3.63, 3.8) is 0 Å². The molecule has 3 nitrogen and oxygen atoms in total. The molecule has 0 bridgehead atoms. The van der Waals surface area contributed by atoms with Gasteiger partial charge in [-0.05, 0) is 30.9 Å². The van der Waals surface area contributed by atoms with Gasteiger partial charge in [0.2, 0.25) is 0 Å². The minimum atomic E-state index is -0.563. The Bertz CT molecular complexity index is 346. The zero-order chi connectivity index (χ0) is 12.7. The van der Waals surface area contributed by atoms with Crippen molar-refractivity contribution in [2.75, 3.05) is 6.61 Å². The fraction of sp³-hybridized carbons (Fsp3) is 0.500. The van der Waals surface area contributed by atoms with Crippen molar-refractivity contribution in [3.8, 4) is 0 Å². The van der Waals surface area contributed by atoms with Crippen LogP contribution in [-0.2, 0) is 22.4 Å². The summed E-state index contributed by atoms with van der Waals surface area (Å²) in [6, 6.07) is 7.69. The lowest BCUT2D eigenvalue weighted by atomic mass is 10.0. The number of rotatable bonds is 6. The Kier molecular flexibility index (Phi) is 5.70. The van der Waals surface area contributed by atoms with Gasteiger partial charge in [-0.2, -0.15) is 0 Å². The van der Waals surface area contributed by atoms with Gasteiger partial charge >= 0.3 is 5.97 Å². The molecule has 0 aliphatic heterocycles. The standard InChI is InChI=1S/C14H21NO2/c1-3-5-11-6-8-12(9-7-11)10-13(15)14(16)17-4-2/h6-9,13H,3-5,10,15H2,1-2H3. The average molecular weight is 235 g/mol. The molecule has 0 amide bonds. The number of hydrogen-bond acceptors (Lipinski definition) is 3. The molecule has 1 aromatic carbocycles. The van der Waals surface area contributed by atoms with Crippen LogP contribution in [0.2, 0.25) is 0 Å². The van der Waals surface area contributed by atoms with E-state index in [0.29, 0.717) is 13.0 Å². The predicted octanol–water partition coefficient (Wildman–Crippen LogP) is 2.07. The third-order valence-electron chi connectivity index (χ3n) is 2.61. The van der Waals surface area contributed by atoms with Gasteiger partial charge in [-0.3, -0.25) is 4.79 Å². The monoisotopic (exact) mass is 235 g/mol. The predicted molar refractivity (Wildman–Crippen MR) is 68.7 cm³/mol. The number of esters is 1. The van der Waals surface area contributed by atoms with E-state index in [4.69, 9.17) is 10.5 Å². The zero-order valence-electron chi connectivity index (χ0n) is 10.6. The Labute approximate surface area is 103 Å². The quantitative estimate of drug-likeness (QED) is 0.768. The maximum absolute atomic E-state index is 11.4. The molecule has 1 unspecified atom stereocenters. The lowest BCUT2D eigenvalue weighted by Crippen LogP contribution is -2.34. The van der Waals surface area contributed by atoms with Gasteiger partial charge in [0.1, 0.15) is 6.04 Å². The highest BCUT2D eigenvalue weighted by Gasteiger charge is 2.14. The highest BCUT2D eigenvalue weighted by molar-refractivity contribution is 5.75. The van der Waals surface area contributed by atoms with E-state index < -0.39 is 6.04 Å². The van der Waals surface area contributed by atoms with Crippen molar-refractivity contribution in [1.29, 1.82) is 0 Å². The first-order chi connectivity index (χ1) is 8.17. The molecular formula is C14H21NO2. The number of nitrogens with two attached hydrogens (primary N) is 1. The summed E-state index contributed by atoms with van der Waals surface area (Å²) in [6.07, 6.45) is 2.76. The second-order valence-electron chi connectivity index (χ2n) is 4.13. The molecule has 0 heterocycles. The van der Waals surface area contributed by atoms with Crippen LogP contribution in [0.1, 0.15) is 31.4 Å². The first kappa shape index (κ1) is 13.7. The molecular weight excluding hydrogens is 214 g/mol. The molecule has 1 aromatic rings. The van der Waals surface area contributed by atoms with Gasteiger partial charge in [0.05, 0.1) is 6.61 Å². The minimum Gasteiger partial charge on any atom is -0.465 e. The number of aryl methyl sites for hydroxylation is 1. The van der Waals surface area contributed by atoms with E-state index in [1.807, 2.05) is 12.1 Å². The van der Waals surface area contributed by atoms with Crippen molar-refractivity contribution < 1.29 is 9.53 Å². The second kappa shape index (κ2) is 7.07. The van der Waals surface area contributed by atoms with Crippen LogP contribution in [0, 0.1) is 0 Å². The lowest BCUT2D eigenvalue weighted by molar-refractivity contribution is -0.144. The van der Waals surface area contributed by atoms with Gasteiger partial charge in [0.15, 0.2) is 0 Å². The van der Waals surface area contributed by atoms with Crippen LogP contribution in [0.5, 0.6) is 0 Å². The lowest BCUT2D eigenvalue weighted by Gasteiger charge is -2.10. The Morgan fingerprint density at radius 1 is 1.24 bits per heavy atom. The van der Waals surface area contributed by atoms with E-state index in [1.54, 1.807) is 6.92 Å². The van der Waals surface area contributed by atoms with Crippen molar-refractivity contribution in [3.05, 3.63) is 35.4 Å². The Balaban J connectivity index is 2.53. The number of carbonyl (C=O) groups is 1. The molecule has 94 valence electrons. The van der Waals surface area contributed by atoms with Crippen molar-refractivity contribution in [2.24, 2.45) is 5.73 Å². The fourth-order valence-corrected chi connectivity index (χ4v) is 1.72. The molecule has 0 spiro atoms. The van der Waals surface area contributed by atoms with E-state index in [-0.39, 0.29) is 5.97 Å². The summed E-state index contributed by atoms with van der Waals surface area (Å²) in [6.45, 7) is 4.32. The first-order valence-corrected chi connectivity index (χ1v) is 6.17.